The number of rotatable bonds is 9. The first kappa shape index (κ1) is 22.0. The van der Waals surface area contributed by atoms with E-state index in [2.05, 4.69) is 18.0 Å². The van der Waals surface area contributed by atoms with E-state index >= 15 is 0 Å². The Balaban J connectivity index is 1.45. The van der Waals surface area contributed by atoms with Gasteiger partial charge in [-0.2, -0.15) is 5.26 Å². The maximum atomic E-state index is 13.5. The van der Waals surface area contributed by atoms with Crippen molar-refractivity contribution >= 4 is 5.91 Å². The number of quaternary nitrogens is 1. The predicted molar refractivity (Wildman–Crippen MR) is 118 cm³/mol. The van der Waals surface area contributed by atoms with Crippen LogP contribution >= 0.6 is 0 Å². The molecule has 0 spiro atoms. The number of nitrogens with zero attached hydrogens (tertiary/aromatic N) is 2. The van der Waals surface area contributed by atoms with Crippen LogP contribution in [0.4, 0.5) is 0 Å². The van der Waals surface area contributed by atoms with Gasteiger partial charge in [0.15, 0.2) is 18.0 Å². The molecule has 4 saturated carbocycles. The predicted octanol–water partition coefficient (Wildman–Crippen LogP) is 2.43. The molecule has 6 nitrogen and oxygen atoms in total. The summed E-state index contributed by atoms with van der Waals surface area (Å²) in [6.07, 6.45) is 7.90. The smallest absolute Gasteiger partial charge is 0.278 e. The van der Waals surface area contributed by atoms with E-state index in [0.29, 0.717) is 31.0 Å². The largest absolute Gasteiger partial charge is 0.493 e. The lowest BCUT2D eigenvalue weighted by atomic mass is 9.52. The minimum atomic E-state index is 0.00625. The van der Waals surface area contributed by atoms with Crippen molar-refractivity contribution in [1.82, 2.24) is 4.90 Å². The van der Waals surface area contributed by atoms with Crippen LogP contribution in [0.15, 0.2) is 18.2 Å². The molecule has 4 bridgehead atoms. The van der Waals surface area contributed by atoms with E-state index in [-0.39, 0.29) is 11.4 Å². The molecule has 0 saturated heterocycles. The third kappa shape index (κ3) is 4.52. The highest BCUT2D eigenvalue weighted by Gasteiger charge is 2.54. The summed E-state index contributed by atoms with van der Waals surface area (Å²) in [5.41, 5.74) is 1.12. The molecular formula is C25H36N3O3+. The molecule has 0 radical (unpaired) electrons. The minimum absolute atomic E-state index is 0.00625. The molecule has 1 N–H and O–H groups in total. The van der Waals surface area contributed by atoms with Crippen LogP contribution < -0.4 is 14.4 Å². The number of amides is 1. The summed E-state index contributed by atoms with van der Waals surface area (Å²) in [6.45, 7) is 1.76. The number of hydrogen-bond acceptors (Lipinski definition) is 4. The van der Waals surface area contributed by atoms with Crippen molar-refractivity contribution in [3.63, 3.8) is 0 Å². The van der Waals surface area contributed by atoms with Crippen molar-refractivity contribution in [3.8, 4) is 17.6 Å². The molecule has 1 aromatic carbocycles. The maximum absolute atomic E-state index is 13.5. The zero-order valence-corrected chi connectivity index (χ0v) is 19.2. The van der Waals surface area contributed by atoms with Crippen molar-refractivity contribution in [2.75, 3.05) is 34.4 Å². The van der Waals surface area contributed by atoms with E-state index in [1.807, 2.05) is 18.2 Å². The van der Waals surface area contributed by atoms with Gasteiger partial charge in [0.2, 0.25) is 0 Å². The lowest BCUT2D eigenvalue weighted by Gasteiger charge is -2.60. The number of carbonyl (C=O) groups excluding carboxylic acids is 1. The molecule has 6 heteroatoms. The molecule has 31 heavy (non-hydrogen) atoms. The van der Waals surface area contributed by atoms with Crippen LogP contribution in [0, 0.1) is 29.1 Å². The molecule has 5 rings (SSSR count). The van der Waals surface area contributed by atoms with Crippen LogP contribution in [0.1, 0.15) is 50.5 Å². The Hall–Kier alpha value is -2.26. The van der Waals surface area contributed by atoms with Gasteiger partial charge in [-0.1, -0.05) is 0 Å². The van der Waals surface area contributed by atoms with Crippen LogP contribution in [-0.4, -0.2) is 50.7 Å². The molecule has 0 aromatic heterocycles. The normalized spacial score (nSPS) is 29.3. The van der Waals surface area contributed by atoms with Gasteiger partial charge < -0.3 is 19.3 Å². The van der Waals surface area contributed by atoms with Crippen molar-refractivity contribution < 1.29 is 19.2 Å². The molecular weight excluding hydrogens is 390 g/mol. The topological polar surface area (TPSA) is 67.0 Å². The Kier molecular flexibility index (Phi) is 6.43. The van der Waals surface area contributed by atoms with Crippen molar-refractivity contribution in [2.45, 2.75) is 57.0 Å². The molecule has 0 heterocycles. The monoisotopic (exact) mass is 426 g/mol. The number of nitriles is 1. The minimum Gasteiger partial charge on any atom is -0.493 e. The van der Waals surface area contributed by atoms with Gasteiger partial charge in [0.05, 0.1) is 33.8 Å². The Morgan fingerprint density at radius 1 is 1.13 bits per heavy atom. The summed E-state index contributed by atoms with van der Waals surface area (Å²) in [4.78, 5) is 16.8. The second kappa shape index (κ2) is 9.08. The number of likely N-dealkylation sites (N-methyl/N-ethyl adjacent to an activating group) is 1. The lowest BCUT2D eigenvalue weighted by Crippen LogP contribution is -3.09. The number of hydrogen-bond donors (Lipinski definition) is 1. The van der Waals surface area contributed by atoms with Gasteiger partial charge in [0.1, 0.15) is 6.54 Å². The van der Waals surface area contributed by atoms with E-state index in [0.717, 1.165) is 54.0 Å². The summed E-state index contributed by atoms with van der Waals surface area (Å²) < 4.78 is 10.7. The van der Waals surface area contributed by atoms with Crippen molar-refractivity contribution in [3.05, 3.63) is 23.8 Å². The van der Waals surface area contributed by atoms with E-state index in [1.54, 1.807) is 14.2 Å². The summed E-state index contributed by atoms with van der Waals surface area (Å²) in [6, 6.07) is 8.20. The van der Waals surface area contributed by atoms with Crippen LogP contribution in [0.2, 0.25) is 0 Å². The number of ether oxygens (including phenoxy) is 2. The molecule has 168 valence electrons. The van der Waals surface area contributed by atoms with Crippen LogP contribution in [-0.2, 0) is 11.3 Å². The highest BCUT2D eigenvalue weighted by molar-refractivity contribution is 5.78. The fourth-order valence-corrected chi connectivity index (χ4v) is 6.94. The molecule has 1 amide bonds. The van der Waals surface area contributed by atoms with Crippen LogP contribution in [0.3, 0.4) is 0 Å². The summed E-state index contributed by atoms with van der Waals surface area (Å²) in [5.74, 6) is 3.96. The van der Waals surface area contributed by atoms with Crippen molar-refractivity contribution in [1.29, 1.82) is 5.26 Å². The van der Waals surface area contributed by atoms with Gasteiger partial charge in [-0.25, -0.2) is 0 Å². The third-order valence-corrected chi connectivity index (χ3v) is 7.73. The zero-order chi connectivity index (χ0) is 22.0. The summed E-state index contributed by atoms with van der Waals surface area (Å²) in [5, 5.41) is 9.23. The van der Waals surface area contributed by atoms with E-state index < -0.39 is 0 Å². The molecule has 4 aliphatic carbocycles. The number of benzene rings is 1. The third-order valence-electron chi connectivity index (χ3n) is 7.73. The van der Waals surface area contributed by atoms with Gasteiger partial charge in [-0.15, -0.1) is 0 Å². The van der Waals surface area contributed by atoms with Gasteiger partial charge in [-0.3, -0.25) is 4.79 Å². The highest BCUT2D eigenvalue weighted by Crippen LogP contribution is 2.57. The van der Waals surface area contributed by atoms with E-state index in [4.69, 9.17) is 9.47 Å². The Morgan fingerprint density at radius 3 is 2.29 bits per heavy atom. The zero-order valence-electron chi connectivity index (χ0n) is 19.2. The van der Waals surface area contributed by atoms with Gasteiger partial charge in [-0.05, 0) is 74.5 Å². The van der Waals surface area contributed by atoms with Gasteiger partial charge >= 0.3 is 0 Å². The standard InChI is InChI=1S/C25H35N3O3/c1-27(16-18-5-6-22(30-2)23(12-18)31-3)17-24(29)28(8-4-7-26)25-13-19-9-20(14-25)11-21(10-19)15-25/h5-6,12,19-21H,4,8-11,13-17H2,1-3H3/p+1. The molecule has 0 aliphatic heterocycles. The number of nitrogens with one attached hydrogen (secondary N) is 1. The quantitative estimate of drug-likeness (QED) is 0.659. The lowest BCUT2D eigenvalue weighted by molar-refractivity contribution is -0.885. The second-order valence-electron chi connectivity index (χ2n) is 10.1. The average molecular weight is 427 g/mol. The highest BCUT2D eigenvalue weighted by atomic mass is 16.5. The first-order valence-electron chi connectivity index (χ1n) is 11.7. The summed E-state index contributed by atoms with van der Waals surface area (Å²) >= 11 is 0. The Morgan fingerprint density at radius 2 is 1.74 bits per heavy atom. The maximum Gasteiger partial charge on any atom is 0.278 e. The molecule has 1 unspecified atom stereocenters. The van der Waals surface area contributed by atoms with Crippen LogP contribution in [0.25, 0.3) is 0 Å². The van der Waals surface area contributed by atoms with E-state index in [9.17, 15) is 10.1 Å². The van der Waals surface area contributed by atoms with Gasteiger partial charge in [0, 0.05) is 17.6 Å². The fourth-order valence-electron chi connectivity index (χ4n) is 6.94. The fraction of sp³-hybridized carbons (Fsp3) is 0.680. The first-order chi connectivity index (χ1) is 15.0. The summed E-state index contributed by atoms with van der Waals surface area (Å²) in [7, 11) is 5.34. The first-order valence-corrected chi connectivity index (χ1v) is 11.7. The molecule has 1 atom stereocenters. The molecule has 1 aromatic rings. The molecule has 4 aliphatic rings. The Labute approximate surface area is 186 Å². The van der Waals surface area contributed by atoms with E-state index in [1.165, 1.54) is 19.3 Å². The SMILES string of the molecule is COc1ccc(C[NH+](C)CC(=O)N(CCC#N)C23CC4CC(CC(C4)C2)C3)cc1OC. The van der Waals surface area contributed by atoms with Crippen molar-refractivity contribution in [2.24, 2.45) is 17.8 Å². The number of methoxy groups -OCH3 is 2. The average Bonchev–Trinajstić information content (AvgIpc) is 2.72. The van der Waals surface area contributed by atoms with Crippen LogP contribution in [0.5, 0.6) is 11.5 Å². The van der Waals surface area contributed by atoms with Gasteiger partial charge in [0.25, 0.3) is 5.91 Å². The second-order valence-corrected chi connectivity index (χ2v) is 10.1. The molecule has 4 fully saturated rings. The Bertz CT molecular complexity index is 812. The number of carbonyl (C=O) groups is 1.